The molecule has 0 saturated carbocycles. The Labute approximate surface area is 130 Å². The zero-order chi connectivity index (χ0) is 16.9. The second-order valence-corrected chi connectivity index (χ2v) is 6.57. The molecular formula is C13H10N4O5S. The third-order valence-corrected chi connectivity index (χ3v) is 4.92. The van der Waals surface area contributed by atoms with Crippen molar-refractivity contribution in [3.63, 3.8) is 0 Å². The second-order valence-electron chi connectivity index (χ2n) is 4.97. The van der Waals surface area contributed by atoms with Crippen LogP contribution < -0.4 is 14.6 Å². The summed E-state index contributed by atoms with van der Waals surface area (Å²) in [5.74, 6) is -1.13. The highest BCUT2D eigenvalue weighted by Gasteiger charge is 2.35. The molecule has 0 aliphatic carbocycles. The third-order valence-electron chi connectivity index (χ3n) is 3.53. The number of carbonyl (C=O) groups excluding carboxylic acids is 1. The van der Waals surface area contributed by atoms with Crippen molar-refractivity contribution in [3.8, 4) is 11.8 Å². The lowest BCUT2D eigenvalue weighted by Gasteiger charge is -2.17. The van der Waals surface area contributed by atoms with Gasteiger partial charge in [-0.1, -0.05) is 0 Å². The molecule has 1 aromatic carbocycles. The van der Waals surface area contributed by atoms with E-state index in [9.17, 15) is 23.1 Å². The Balaban J connectivity index is 2.31. The predicted octanol–water partition coefficient (Wildman–Crippen LogP) is -0.703. The van der Waals surface area contributed by atoms with Crippen LogP contribution in [0.3, 0.4) is 0 Å². The fourth-order valence-corrected chi connectivity index (χ4v) is 3.59. The van der Waals surface area contributed by atoms with Gasteiger partial charge in [-0.15, -0.1) is 0 Å². The van der Waals surface area contributed by atoms with Crippen LogP contribution in [0.2, 0.25) is 0 Å². The van der Waals surface area contributed by atoms with Crippen LogP contribution in [0.1, 0.15) is 5.56 Å². The molecule has 1 saturated heterocycles. The van der Waals surface area contributed by atoms with E-state index in [1.807, 2.05) is 0 Å². The Kier molecular flexibility index (Phi) is 3.05. The highest BCUT2D eigenvalue weighted by atomic mass is 32.2. The number of phenolic OH excluding ortho intramolecular Hbond substituents is 1. The van der Waals surface area contributed by atoms with Gasteiger partial charge in [0.2, 0.25) is 0 Å². The van der Waals surface area contributed by atoms with Crippen LogP contribution in [-0.4, -0.2) is 30.5 Å². The van der Waals surface area contributed by atoms with Gasteiger partial charge in [0.25, 0.3) is 11.5 Å². The quantitative estimate of drug-likeness (QED) is 0.708. The third kappa shape index (κ3) is 2.18. The number of hydrogen-bond donors (Lipinski definition) is 2. The molecule has 1 aliphatic rings. The number of benzene rings is 1. The van der Waals surface area contributed by atoms with Gasteiger partial charge in [0.05, 0.1) is 11.2 Å². The summed E-state index contributed by atoms with van der Waals surface area (Å²) in [6.45, 7) is -0.460. The molecular weight excluding hydrogens is 324 g/mol. The Hall–Kier alpha value is -3.06. The monoisotopic (exact) mass is 334 g/mol. The van der Waals surface area contributed by atoms with Crippen molar-refractivity contribution in [2.24, 2.45) is 7.05 Å². The lowest BCUT2D eigenvalue weighted by molar-refractivity contribution is -0.117. The molecule has 0 radical (unpaired) electrons. The summed E-state index contributed by atoms with van der Waals surface area (Å²) in [6.07, 6.45) is 0. The second kappa shape index (κ2) is 4.72. The molecule has 118 valence electrons. The van der Waals surface area contributed by atoms with Gasteiger partial charge in [0, 0.05) is 18.5 Å². The van der Waals surface area contributed by atoms with Crippen molar-refractivity contribution in [1.29, 1.82) is 5.26 Å². The maximum atomic E-state index is 11.9. The summed E-state index contributed by atoms with van der Waals surface area (Å²) in [5, 5.41) is 19.5. The van der Waals surface area contributed by atoms with E-state index in [-0.39, 0.29) is 11.3 Å². The number of aryl methyl sites for hydroxylation is 1. The molecule has 1 aliphatic heterocycles. The van der Waals surface area contributed by atoms with E-state index >= 15 is 0 Å². The molecule has 0 unspecified atom stereocenters. The Bertz CT molecular complexity index is 1060. The highest BCUT2D eigenvalue weighted by Crippen LogP contribution is 2.34. The molecule has 1 aromatic heterocycles. The Morgan fingerprint density at radius 3 is 2.57 bits per heavy atom. The van der Waals surface area contributed by atoms with E-state index in [2.05, 4.69) is 0 Å². The lowest BCUT2D eigenvalue weighted by atomic mass is 10.1. The Morgan fingerprint density at radius 2 is 2.00 bits per heavy atom. The zero-order valence-electron chi connectivity index (χ0n) is 11.8. The van der Waals surface area contributed by atoms with E-state index < -0.39 is 34.0 Å². The van der Waals surface area contributed by atoms with Crippen molar-refractivity contribution in [2.45, 2.75) is 0 Å². The fourth-order valence-electron chi connectivity index (χ4n) is 2.44. The topological polar surface area (TPSA) is 132 Å². The number of rotatable bonds is 1. The summed E-state index contributed by atoms with van der Waals surface area (Å²) in [5.41, 5.74) is -0.433. The van der Waals surface area contributed by atoms with Crippen molar-refractivity contribution in [3.05, 3.63) is 34.1 Å². The number of anilines is 1. The van der Waals surface area contributed by atoms with Gasteiger partial charge in [-0.2, -0.15) is 13.7 Å². The smallest absolute Gasteiger partial charge is 0.326 e. The molecule has 2 N–H and O–H groups in total. The number of fused-ring (bicyclic) bond motifs is 1. The normalized spacial score (nSPS) is 16.3. The van der Waals surface area contributed by atoms with Crippen molar-refractivity contribution in [1.82, 2.24) is 9.29 Å². The first-order valence-electron chi connectivity index (χ1n) is 6.35. The number of amides is 1. The van der Waals surface area contributed by atoms with Crippen LogP contribution in [0.4, 0.5) is 5.69 Å². The van der Waals surface area contributed by atoms with E-state index in [1.165, 1.54) is 29.8 Å². The minimum absolute atomic E-state index is 0.113. The summed E-state index contributed by atoms with van der Waals surface area (Å²) < 4.78 is 27.5. The first-order valence-corrected chi connectivity index (χ1v) is 7.79. The first-order chi connectivity index (χ1) is 10.7. The molecule has 1 fully saturated rings. The molecule has 10 heteroatoms. The molecule has 3 rings (SSSR count). The number of phenols is 1. The molecule has 1 amide bonds. The summed E-state index contributed by atoms with van der Waals surface area (Å²) in [6, 6.07) is 5.59. The summed E-state index contributed by atoms with van der Waals surface area (Å²) >= 11 is 0. The first kappa shape index (κ1) is 14.9. The van der Waals surface area contributed by atoms with Gasteiger partial charge in [0.1, 0.15) is 23.9 Å². The highest BCUT2D eigenvalue weighted by molar-refractivity contribution is 7.92. The van der Waals surface area contributed by atoms with E-state index in [0.29, 0.717) is 10.9 Å². The minimum atomic E-state index is -4.07. The summed E-state index contributed by atoms with van der Waals surface area (Å²) in [4.78, 5) is 23.2. The van der Waals surface area contributed by atoms with Crippen molar-refractivity contribution < 1.29 is 18.3 Å². The average molecular weight is 334 g/mol. The maximum Gasteiger partial charge on any atom is 0.326 e. The molecule has 23 heavy (non-hydrogen) atoms. The molecule has 2 aromatic rings. The lowest BCUT2D eigenvalue weighted by Crippen LogP contribution is -2.29. The fraction of sp³-hybridized carbons (Fsp3) is 0.154. The number of pyridine rings is 1. The standard InChI is InChI=1S/C13H10N4O5S/c1-16-9-4-11(18)10(17-6-12(19)15-23(17,21)22)3-7(9)2-8(5-14)13(16)20/h2-4,18H,6H2,1H3,(H,15,19). The maximum absolute atomic E-state index is 11.9. The van der Waals surface area contributed by atoms with Crippen LogP contribution in [-0.2, 0) is 22.1 Å². The predicted molar refractivity (Wildman–Crippen MR) is 80.0 cm³/mol. The van der Waals surface area contributed by atoms with Gasteiger partial charge in [0.15, 0.2) is 0 Å². The largest absolute Gasteiger partial charge is 0.506 e. The van der Waals surface area contributed by atoms with E-state index in [0.717, 1.165) is 4.31 Å². The van der Waals surface area contributed by atoms with Crippen LogP contribution in [0.5, 0.6) is 5.75 Å². The number of nitrogens with one attached hydrogen (secondary N) is 1. The zero-order valence-corrected chi connectivity index (χ0v) is 12.6. The number of carbonyl (C=O) groups is 1. The van der Waals surface area contributed by atoms with E-state index in [4.69, 9.17) is 5.26 Å². The number of nitrogens with zero attached hydrogens (tertiary/aromatic N) is 3. The van der Waals surface area contributed by atoms with Gasteiger partial charge in [-0.05, 0) is 12.1 Å². The molecule has 2 heterocycles. The van der Waals surface area contributed by atoms with Crippen LogP contribution >= 0.6 is 0 Å². The average Bonchev–Trinajstić information content (AvgIpc) is 2.75. The molecule has 0 spiro atoms. The minimum Gasteiger partial charge on any atom is -0.506 e. The van der Waals surface area contributed by atoms with Gasteiger partial charge in [-0.25, -0.2) is 9.03 Å². The molecule has 0 bridgehead atoms. The van der Waals surface area contributed by atoms with Gasteiger partial charge in [-0.3, -0.25) is 9.59 Å². The SMILES string of the molecule is Cn1c(=O)c(C#N)cc2cc(N3CC(=O)NS3(=O)=O)c(O)cc21. The van der Waals surface area contributed by atoms with E-state index in [1.54, 1.807) is 10.8 Å². The number of aromatic hydroxyl groups is 1. The van der Waals surface area contributed by atoms with Crippen molar-refractivity contribution >= 4 is 32.7 Å². The van der Waals surface area contributed by atoms with Gasteiger partial charge >= 0.3 is 10.2 Å². The van der Waals surface area contributed by atoms with Crippen LogP contribution in [0.15, 0.2) is 23.0 Å². The van der Waals surface area contributed by atoms with Crippen LogP contribution in [0, 0.1) is 11.3 Å². The number of aromatic nitrogens is 1. The van der Waals surface area contributed by atoms with Crippen molar-refractivity contribution in [2.75, 3.05) is 10.8 Å². The van der Waals surface area contributed by atoms with Gasteiger partial charge < -0.3 is 9.67 Å². The molecule has 9 nitrogen and oxygen atoms in total. The molecule has 0 atom stereocenters. The summed E-state index contributed by atoms with van der Waals surface area (Å²) in [7, 11) is -2.64. The number of hydrogen-bond acceptors (Lipinski definition) is 6. The van der Waals surface area contributed by atoms with Crippen LogP contribution in [0.25, 0.3) is 10.9 Å². The Morgan fingerprint density at radius 1 is 1.30 bits per heavy atom. The number of nitriles is 1.